The third kappa shape index (κ3) is 2.79. The van der Waals surface area contributed by atoms with Gasteiger partial charge in [-0.25, -0.2) is 13.2 Å². The average molecular weight is 281 g/mol. The van der Waals surface area contributed by atoms with Gasteiger partial charge in [0.25, 0.3) is 11.8 Å². The van der Waals surface area contributed by atoms with E-state index >= 15 is 0 Å². The van der Waals surface area contributed by atoms with E-state index < -0.39 is 21.8 Å². The van der Waals surface area contributed by atoms with Crippen LogP contribution < -0.4 is 4.83 Å². The predicted molar refractivity (Wildman–Crippen MR) is 68.3 cm³/mol. The number of hydrazone groups is 1. The van der Waals surface area contributed by atoms with E-state index in [0.717, 1.165) is 17.4 Å². The van der Waals surface area contributed by atoms with Gasteiger partial charge in [-0.3, -0.25) is 14.5 Å². The van der Waals surface area contributed by atoms with Gasteiger partial charge in [0.15, 0.2) is 0 Å². The van der Waals surface area contributed by atoms with Gasteiger partial charge in [0.05, 0.1) is 23.9 Å². The van der Waals surface area contributed by atoms with Gasteiger partial charge in [0.2, 0.25) is 10.0 Å². The lowest BCUT2D eigenvalue weighted by molar-refractivity contribution is 0.0679. The number of rotatable bonds is 4. The number of nitrogens with zero attached hydrogens (tertiary/aromatic N) is 2. The van der Waals surface area contributed by atoms with Gasteiger partial charge in [0.1, 0.15) is 0 Å². The van der Waals surface area contributed by atoms with Crippen molar-refractivity contribution in [1.82, 2.24) is 9.73 Å². The first-order chi connectivity index (χ1) is 8.90. The number of fused-ring (bicyclic) bond motifs is 1. The van der Waals surface area contributed by atoms with Gasteiger partial charge in [0, 0.05) is 6.21 Å². The highest BCUT2D eigenvalue weighted by Gasteiger charge is 2.34. The van der Waals surface area contributed by atoms with Crippen LogP contribution in [-0.2, 0) is 10.0 Å². The second-order valence-corrected chi connectivity index (χ2v) is 5.67. The summed E-state index contributed by atoms with van der Waals surface area (Å²) >= 11 is 0. The number of nitrogens with one attached hydrogen (secondary N) is 1. The van der Waals surface area contributed by atoms with Gasteiger partial charge in [-0.1, -0.05) is 12.1 Å². The number of hydrogen-bond acceptors (Lipinski definition) is 5. The number of amides is 2. The molecule has 1 aromatic rings. The fourth-order valence-corrected chi connectivity index (χ4v) is 1.93. The van der Waals surface area contributed by atoms with Crippen LogP contribution >= 0.6 is 0 Å². The van der Waals surface area contributed by atoms with Crippen molar-refractivity contribution in [2.45, 2.75) is 0 Å². The molecule has 1 aromatic carbocycles. The van der Waals surface area contributed by atoms with E-state index in [1.807, 2.05) is 4.83 Å². The quantitative estimate of drug-likeness (QED) is 0.470. The van der Waals surface area contributed by atoms with Crippen molar-refractivity contribution in [2.24, 2.45) is 5.10 Å². The Balaban J connectivity index is 2.09. The summed E-state index contributed by atoms with van der Waals surface area (Å²) in [6.45, 7) is -0.0884. The Hall–Kier alpha value is -2.22. The van der Waals surface area contributed by atoms with Crippen molar-refractivity contribution in [2.75, 3.05) is 12.8 Å². The highest BCUT2D eigenvalue weighted by atomic mass is 32.2. The zero-order valence-electron chi connectivity index (χ0n) is 10.0. The molecule has 0 atom stereocenters. The molecule has 1 aliphatic heterocycles. The number of benzene rings is 1. The molecular formula is C11H11N3O4S. The first kappa shape index (κ1) is 13.2. The van der Waals surface area contributed by atoms with Gasteiger partial charge < -0.3 is 0 Å². The first-order valence-electron chi connectivity index (χ1n) is 5.33. The van der Waals surface area contributed by atoms with Crippen LogP contribution in [0.5, 0.6) is 0 Å². The maximum atomic E-state index is 11.9. The number of sulfonamides is 1. The van der Waals surface area contributed by atoms with E-state index in [0.29, 0.717) is 11.1 Å². The maximum absolute atomic E-state index is 11.9. The lowest BCUT2D eigenvalue weighted by Gasteiger charge is -2.09. The number of imide groups is 1. The lowest BCUT2D eigenvalue weighted by atomic mass is 10.1. The van der Waals surface area contributed by atoms with Gasteiger partial charge in [-0.05, 0) is 12.1 Å². The zero-order chi connectivity index (χ0) is 14.0. The van der Waals surface area contributed by atoms with Crippen LogP contribution in [0.25, 0.3) is 0 Å². The third-order valence-electron chi connectivity index (χ3n) is 2.45. The van der Waals surface area contributed by atoms with E-state index in [1.165, 1.54) is 0 Å². The van der Waals surface area contributed by atoms with Crippen molar-refractivity contribution in [3.05, 3.63) is 35.4 Å². The number of carbonyl (C=O) groups is 2. The SMILES string of the molecule is CS(=O)(=O)N/N=C\CN1C(=O)c2ccccc2C1=O. The van der Waals surface area contributed by atoms with Crippen LogP contribution in [0.3, 0.4) is 0 Å². The molecule has 0 fully saturated rings. The summed E-state index contributed by atoms with van der Waals surface area (Å²) in [6.07, 6.45) is 2.11. The maximum Gasteiger partial charge on any atom is 0.261 e. The summed E-state index contributed by atoms with van der Waals surface area (Å²) in [5, 5.41) is 3.43. The lowest BCUT2D eigenvalue weighted by Crippen LogP contribution is -2.32. The van der Waals surface area contributed by atoms with Crippen LogP contribution in [0.1, 0.15) is 20.7 Å². The molecule has 0 unspecified atom stereocenters. The molecule has 0 aliphatic carbocycles. The molecule has 7 nitrogen and oxygen atoms in total. The molecule has 8 heteroatoms. The van der Waals surface area contributed by atoms with Crippen molar-refractivity contribution >= 4 is 28.1 Å². The Labute approximate surface area is 110 Å². The summed E-state index contributed by atoms with van der Waals surface area (Å²) in [5.74, 6) is -0.821. The summed E-state index contributed by atoms with van der Waals surface area (Å²) in [6, 6.07) is 6.49. The monoisotopic (exact) mass is 281 g/mol. The molecular weight excluding hydrogens is 270 g/mol. The second-order valence-electron chi connectivity index (χ2n) is 3.94. The second kappa shape index (κ2) is 4.81. The minimum absolute atomic E-state index is 0.0884. The molecule has 0 saturated heterocycles. The number of carbonyl (C=O) groups excluding carboxylic acids is 2. The normalized spacial score (nSPS) is 15.1. The smallest absolute Gasteiger partial charge is 0.261 e. The Kier molecular flexibility index (Phi) is 3.34. The van der Waals surface area contributed by atoms with Crippen LogP contribution in [0.2, 0.25) is 0 Å². The van der Waals surface area contributed by atoms with E-state index in [-0.39, 0.29) is 6.54 Å². The van der Waals surface area contributed by atoms with Crippen molar-refractivity contribution in [3.8, 4) is 0 Å². The van der Waals surface area contributed by atoms with Crippen molar-refractivity contribution < 1.29 is 18.0 Å². The zero-order valence-corrected chi connectivity index (χ0v) is 10.8. The fraction of sp³-hybridized carbons (Fsp3) is 0.182. The molecule has 2 amide bonds. The van der Waals surface area contributed by atoms with Crippen LogP contribution in [0.15, 0.2) is 29.4 Å². The Bertz CT molecular complexity index is 631. The highest BCUT2D eigenvalue weighted by molar-refractivity contribution is 7.88. The summed E-state index contributed by atoms with van der Waals surface area (Å²) in [4.78, 5) is 26.7. The summed E-state index contributed by atoms with van der Waals surface area (Å²) in [7, 11) is -3.44. The molecule has 1 aliphatic rings. The summed E-state index contributed by atoms with van der Waals surface area (Å²) < 4.78 is 21.5. The Morgan fingerprint density at radius 2 is 1.74 bits per heavy atom. The summed E-state index contributed by atoms with van der Waals surface area (Å²) in [5.41, 5.74) is 0.689. The molecule has 1 heterocycles. The third-order valence-corrected chi connectivity index (χ3v) is 2.89. The van der Waals surface area contributed by atoms with Crippen LogP contribution in [0.4, 0.5) is 0 Å². The van der Waals surface area contributed by atoms with Crippen LogP contribution in [-0.4, -0.2) is 44.1 Å². The highest BCUT2D eigenvalue weighted by Crippen LogP contribution is 2.21. The first-order valence-corrected chi connectivity index (χ1v) is 7.23. The largest absolute Gasteiger partial charge is 0.269 e. The molecule has 0 radical (unpaired) electrons. The number of hydrogen-bond donors (Lipinski definition) is 1. The van der Waals surface area contributed by atoms with Crippen LogP contribution in [0, 0.1) is 0 Å². The minimum Gasteiger partial charge on any atom is -0.269 e. The molecule has 19 heavy (non-hydrogen) atoms. The molecule has 0 saturated carbocycles. The molecule has 100 valence electrons. The topological polar surface area (TPSA) is 95.9 Å². The van der Waals surface area contributed by atoms with E-state index in [9.17, 15) is 18.0 Å². The Morgan fingerprint density at radius 3 is 2.21 bits per heavy atom. The standard InChI is InChI=1S/C11H11N3O4S/c1-19(17,18)13-12-6-7-14-10(15)8-4-2-3-5-9(8)11(14)16/h2-6,13H,7H2,1H3/b12-6-. The van der Waals surface area contributed by atoms with E-state index in [1.54, 1.807) is 24.3 Å². The minimum atomic E-state index is -3.44. The average Bonchev–Trinajstić information content (AvgIpc) is 2.58. The Morgan fingerprint density at radius 1 is 1.21 bits per heavy atom. The van der Waals surface area contributed by atoms with E-state index in [4.69, 9.17) is 0 Å². The fourth-order valence-electron chi connectivity index (χ4n) is 1.66. The molecule has 2 rings (SSSR count). The van der Waals surface area contributed by atoms with Crippen molar-refractivity contribution in [3.63, 3.8) is 0 Å². The molecule has 1 N–H and O–H groups in total. The van der Waals surface area contributed by atoms with Gasteiger partial charge in [-0.15, -0.1) is 0 Å². The predicted octanol–water partition coefficient (Wildman–Crippen LogP) is -0.182. The van der Waals surface area contributed by atoms with Gasteiger partial charge in [-0.2, -0.15) is 5.10 Å². The van der Waals surface area contributed by atoms with Crippen molar-refractivity contribution in [1.29, 1.82) is 0 Å². The molecule has 0 bridgehead atoms. The molecule has 0 aromatic heterocycles. The molecule has 0 spiro atoms. The van der Waals surface area contributed by atoms with E-state index in [2.05, 4.69) is 5.10 Å². The van der Waals surface area contributed by atoms with Gasteiger partial charge >= 0.3 is 0 Å².